The molecule has 1 aliphatic carbocycles. The number of hydrogen-bond acceptors (Lipinski definition) is 5. The Morgan fingerprint density at radius 1 is 1.24 bits per heavy atom. The van der Waals surface area contributed by atoms with E-state index >= 15 is 0 Å². The molecule has 0 radical (unpaired) electrons. The van der Waals surface area contributed by atoms with Crippen LogP contribution in [0.3, 0.4) is 0 Å². The smallest absolute Gasteiger partial charge is 0.263 e. The van der Waals surface area contributed by atoms with Gasteiger partial charge in [-0.15, -0.1) is 11.3 Å². The van der Waals surface area contributed by atoms with Crippen molar-refractivity contribution < 1.29 is 9.18 Å². The SMILES string of the molecule is CCn1c(SCCCC(=O)c2ccc(F)cc2)nc2sc3c(c2c1=O)CCCC3. The number of halogens is 1. The predicted octanol–water partition coefficient (Wildman–Crippen LogP) is 5.25. The zero-order valence-corrected chi connectivity index (χ0v) is 18.0. The summed E-state index contributed by atoms with van der Waals surface area (Å²) in [6.45, 7) is 2.55. The molecule has 0 saturated heterocycles. The molecule has 0 saturated carbocycles. The fourth-order valence-electron chi connectivity index (χ4n) is 3.79. The second-order valence-corrected chi connectivity index (χ2v) is 9.36. The maximum Gasteiger partial charge on any atom is 0.263 e. The average molecular weight is 431 g/mol. The molecule has 3 aromatic rings. The highest BCUT2D eigenvalue weighted by atomic mass is 32.2. The van der Waals surface area contributed by atoms with E-state index in [1.54, 1.807) is 15.9 Å². The summed E-state index contributed by atoms with van der Waals surface area (Å²) >= 11 is 3.20. The number of aromatic nitrogens is 2. The maximum absolute atomic E-state index is 13.1. The lowest BCUT2D eigenvalue weighted by Crippen LogP contribution is -2.23. The van der Waals surface area contributed by atoms with E-state index in [1.807, 2.05) is 6.92 Å². The molecule has 2 aromatic heterocycles. The number of ketones is 1. The Morgan fingerprint density at radius 2 is 2.00 bits per heavy atom. The van der Waals surface area contributed by atoms with E-state index in [-0.39, 0.29) is 17.2 Å². The van der Waals surface area contributed by atoms with Crippen LogP contribution < -0.4 is 5.56 Å². The Kier molecular flexibility index (Phi) is 6.15. The lowest BCUT2D eigenvalue weighted by molar-refractivity contribution is 0.0982. The minimum absolute atomic E-state index is 0.00725. The molecule has 1 aromatic carbocycles. The van der Waals surface area contributed by atoms with Crippen molar-refractivity contribution in [1.29, 1.82) is 0 Å². The summed E-state index contributed by atoms with van der Waals surface area (Å²) in [5, 5.41) is 1.56. The number of carbonyl (C=O) groups is 1. The van der Waals surface area contributed by atoms with Crippen molar-refractivity contribution in [2.45, 2.75) is 57.1 Å². The van der Waals surface area contributed by atoms with Gasteiger partial charge in [-0.3, -0.25) is 14.2 Å². The first-order valence-electron chi connectivity index (χ1n) is 10.0. The van der Waals surface area contributed by atoms with E-state index in [1.165, 1.54) is 52.9 Å². The third-order valence-corrected chi connectivity index (χ3v) is 7.55. The lowest BCUT2D eigenvalue weighted by atomic mass is 9.97. The molecule has 1 aliphatic rings. The molecule has 0 unspecified atom stereocenters. The van der Waals surface area contributed by atoms with Crippen molar-refractivity contribution >= 4 is 39.1 Å². The van der Waals surface area contributed by atoms with Gasteiger partial charge in [0.05, 0.1) is 5.39 Å². The van der Waals surface area contributed by atoms with Crippen LogP contribution in [0.5, 0.6) is 0 Å². The number of thiophene rings is 1. The molecule has 7 heteroatoms. The number of aryl methyl sites for hydroxylation is 2. The molecular formula is C22H23FN2O2S2. The highest BCUT2D eigenvalue weighted by Crippen LogP contribution is 2.34. The van der Waals surface area contributed by atoms with Gasteiger partial charge in [-0.05, 0) is 68.9 Å². The zero-order chi connectivity index (χ0) is 20.4. The maximum atomic E-state index is 13.1. The Labute approximate surface area is 177 Å². The summed E-state index contributed by atoms with van der Waals surface area (Å²) in [6, 6.07) is 5.66. The van der Waals surface area contributed by atoms with Crippen LogP contribution in [0.1, 0.15) is 53.4 Å². The van der Waals surface area contributed by atoms with E-state index < -0.39 is 0 Å². The Balaban J connectivity index is 1.47. The second-order valence-electron chi connectivity index (χ2n) is 7.22. The van der Waals surface area contributed by atoms with Gasteiger partial charge < -0.3 is 0 Å². The Bertz CT molecular complexity index is 1100. The topological polar surface area (TPSA) is 52.0 Å². The van der Waals surface area contributed by atoms with E-state index in [4.69, 9.17) is 4.98 Å². The second kappa shape index (κ2) is 8.79. The van der Waals surface area contributed by atoms with Gasteiger partial charge in [-0.1, -0.05) is 11.8 Å². The van der Waals surface area contributed by atoms with E-state index in [0.29, 0.717) is 30.7 Å². The number of nitrogens with zero attached hydrogens (tertiary/aromatic N) is 2. The highest BCUT2D eigenvalue weighted by Gasteiger charge is 2.21. The molecule has 4 rings (SSSR count). The summed E-state index contributed by atoms with van der Waals surface area (Å²) in [6.07, 6.45) is 5.43. The number of Topliss-reactive ketones (excluding diaryl/α,β-unsaturated/α-hetero) is 1. The molecular weight excluding hydrogens is 407 g/mol. The van der Waals surface area contributed by atoms with Crippen LogP contribution in [-0.4, -0.2) is 21.1 Å². The van der Waals surface area contributed by atoms with Gasteiger partial charge >= 0.3 is 0 Å². The zero-order valence-electron chi connectivity index (χ0n) is 16.4. The molecule has 29 heavy (non-hydrogen) atoms. The summed E-state index contributed by atoms with van der Waals surface area (Å²) in [5.41, 5.74) is 1.82. The van der Waals surface area contributed by atoms with E-state index in [0.717, 1.165) is 34.6 Å². The molecule has 0 bridgehead atoms. The molecule has 0 spiro atoms. The van der Waals surface area contributed by atoms with Gasteiger partial charge in [0.25, 0.3) is 5.56 Å². The summed E-state index contributed by atoms with van der Waals surface area (Å²) in [5.74, 6) is 0.370. The van der Waals surface area contributed by atoms with Crippen LogP contribution in [0.25, 0.3) is 10.2 Å². The minimum Gasteiger partial charge on any atom is -0.294 e. The van der Waals surface area contributed by atoms with Crippen molar-refractivity contribution in [3.8, 4) is 0 Å². The number of carbonyl (C=O) groups excluding carboxylic acids is 1. The number of thioether (sulfide) groups is 1. The summed E-state index contributed by atoms with van der Waals surface area (Å²) < 4.78 is 14.7. The van der Waals surface area contributed by atoms with Gasteiger partial charge in [0.15, 0.2) is 10.9 Å². The summed E-state index contributed by atoms with van der Waals surface area (Å²) in [4.78, 5) is 32.3. The van der Waals surface area contributed by atoms with Crippen molar-refractivity contribution in [2.24, 2.45) is 0 Å². The fraction of sp³-hybridized carbons (Fsp3) is 0.409. The van der Waals surface area contributed by atoms with Crippen LogP contribution in [-0.2, 0) is 19.4 Å². The number of rotatable bonds is 7. The van der Waals surface area contributed by atoms with Crippen LogP contribution in [0.2, 0.25) is 0 Å². The molecule has 0 fully saturated rings. The third-order valence-electron chi connectivity index (χ3n) is 5.30. The quantitative estimate of drug-likeness (QED) is 0.222. The highest BCUT2D eigenvalue weighted by molar-refractivity contribution is 7.99. The number of benzene rings is 1. The van der Waals surface area contributed by atoms with Crippen LogP contribution in [0, 0.1) is 5.82 Å². The molecule has 152 valence electrons. The first-order chi connectivity index (χ1) is 14.1. The van der Waals surface area contributed by atoms with Crippen LogP contribution >= 0.6 is 23.1 Å². The molecule has 2 heterocycles. The first kappa shape index (κ1) is 20.3. The van der Waals surface area contributed by atoms with Gasteiger partial charge in [0, 0.05) is 29.2 Å². The number of fused-ring (bicyclic) bond motifs is 3. The van der Waals surface area contributed by atoms with Gasteiger partial charge in [-0.25, -0.2) is 9.37 Å². The lowest BCUT2D eigenvalue weighted by Gasteiger charge is -2.12. The predicted molar refractivity (Wildman–Crippen MR) is 117 cm³/mol. The first-order valence-corrected chi connectivity index (χ1v) is 11.9. The standard InChI is InChI=1S/C22H23FN2O2S2/c1-2-25-21(27)19-16-6-3-4-8-18(16)29-20(19)24-22(25)28-13-5-7-17(26)14-9-11-15(23)12-10-14/h9-12H,2-8,13H2,1H3. The van der Waals surface area contributed by atoms with Gasteiger partial charge in [-0.2, -0.15) is 0 Å². The fourth-order valence-corrected chi connectivity index (χ4v) is 6.09. The minimum atomic E-state index is -0.341. The molecule has 0 aliphatic heterocycles. The van der Waals surface area contributed by atoms with Crippen molar-refractivity contribution in [3.05, 3.63) is 56.4 Å². The summed E-state index contributed by atoms with van der Waals surface area (Å²) in [7, 11) is 0. The molecule has 4 nitrogen and oxygen atoms in total. The van der Waals surface area contributed by atoms with Crippen LogP contribution in [0.15, 0.2) is 34.2 Å². The Hall–Kier alpha value is -1.99. The third kappa shape index (κ3) is 4.16. The van der Waals surface area contributed by atoms with E-state index in [2.05, 4.69) is 0 Å². The van der Waals surface area contributed by atoms with Gasteiger partial charge in [0.1, 0.15) is 10.6 Å². The van der Waals surface area contributed by atoms with Gasteiger partial charge in [0.2, 0.25) is 0 Å². The van der Waals surface area contributed by atoms with Crippen LogP contribution in [0.4, 0.5) is 4.39 Å². The molecule has 0 amide bonds. The normalized spacial score (nSPS) is 13.6. The Morgan fingerprint density at radius 3 is 2.76 bits per heavy atom. The molecule has 0 N–H and O–H groups in total. The molecule has 0 atom stereocenters. The van der Waals surface area contributed by atoms with E-state index in [9.17, 15) is 14.0 Å². The van der Waals surface area contributed by atoms with Crippen molar-refractivity contribution in [3.63, 3.8) is 0 Å². The van der Waals surface area contributed by atoms with Crippen molar-refractivity contribution in [1.82, 2.24) is 9.55 Å². The number of hydrogen-bond donors (Lipinski definition) is 0. The largest absolute Gasteiger partial charge is 0.294 e. The monoisotopic (exact) mass is 430 g/mol. The van der Waals surface area contributed by atoms with Crippen molar-refractivity contribution in [2.75, 3.05) is 5.75 Å². The average Bonchev–Trinajstić information content (AvgIpc) is 3.10.